The van der Waals surface area contributed by atoms with Gasteiger partial charge in [0.1, 0.15) is 18.8 Å². The minimum absolute atomic E-state index is 0.0841. The fourth-order valence-electron chi connectivity index (χ4n) is 1.89. The third-order valence-corrected chi connectivity index (χ3v) is 3.52. The predicted octanol–water partition coefficient (Wildman–Crippen LogP) is 2.06. The maximum Gasteiger partial charge on any atom is 0.408 e. The largest absolute Gasteiger partial charge is 0.408 e. The molecule has 1 N–H and O–H groups in total. The van der Waals surface area contributed by atoms with Crippen LogP contribution in [-0.2, 0) is 17.9 Å². The molecule has 11 heteroatoms. The van der Waals surface area contributed by atoms with Crippen LogP contribution in [0.2, 0.25) is 5.02 Å². The van der Waals surface area contributed by atoms with Crippen molar-refractivity contribution < 1.29 is 18.0 Å². The molecule has 2 aromatic rings. The average molecular weight is 363 g/mol. The van der Waals surface area contributed by atoms with Gasteiger partial charge in [-0.1, -0.05) is 11.6 Å². The van der Waals surface area contributed by atoms with Gasteiger partial charge in [0.05, 0.1) is 22.6 Å². The highest BCUT2D eigenvalue weighted by Gasteiger charge is 2.28. The summed E-state index contributed by atoms with van der Waals surface area (Å²) in [5.41, 5.74) is 3.70. The second-order valence-corrected chi connectivity index (χ2v) is 5.37. The van der Waals surface area contributed by atoms with Gasteiger partial charge in [0.2, 0.25) is 0 Å². The van der Waals surface area contributed by atoms with Gasteiger partial charge >= 0.3 is 6.18 Å². The molecular formula is C13H14ClF3N6O. The second-order valence-electron chi connectivity index (χ2n) is 4.99. The molecular weight excluding hydrogens is 349 g/mol. The van der Waals surface area contributed by atoms with Gasteiger partial charge in [-0.25, -0.2) is 5.43 Å². The van der Waals surface area contributed by atoms with E-state index in [1.165, 1.54) is 16.9 Å². The predicted molar refractivity (Wildman–Crippen MR) is 80.7 cm³/mol. The average Bonchev–Trinajstić information content (AvgIpc) is 2.98. The van der Waals surface area contributed by atoms with Gasteiger partial charge in [-0.2, -0.15) is 28.5 Å². The van der Waals surface area contributed by atoms with Crippen LogP contribution < -0.4 is 5.43 Å². The van der Waals surface area contributed by atoms with Gasteiger partial charge in [-0.3, -0.25) is 14.2 Å². The fraction of sp³-hybridized carbons (Fsp3) is 0.385. The standard InChI is InChI=1S/C13H14ClF3N6O/c1-8-12(14)9(2)23(20-8)6-11(24)19-18-5-10-3-4-22(21-10)7-13(15,16)17/h3-5H,6-7H2,1-2H3,(H,19,24)/b18-5+. The number of hydrazone groups is 1. The van der Waals surface area contributed by atoms with Crippen LogP contribution in [0.15, 0.2) is 17.4 Å². The van der Waals surface area contributed by atoms with Crippen LogP contribution >= 0.6 is 11.6 Å². The fourth-order valence-corrected chi connectivity index (χ4v) is 2.02. The van der Waals surface area contributed by atoms with Crippen molar-refractivity contribution in [2.45, 2.75) is 33.1 Å². The molecule has 0 unspecified atom stereocenters. The molecule has 0 saturated heterocycles. The van der Waals surface area contributed by atoms with Gasteiger partial charge < -0.3 is 0 Å². The van der Waals surface area contributed by atoms with E-state index < -0.39 is 18.6 Å². The van der Waals surface area contributed by atoms with Crippen molar-refractivity contribution >= 4 is 23.7 Å². The molecule has 0 aliphatic heterocycles. The third kappa shape index (κ3) is 4.82. The zero-order valence-corrected chi connectivity index (χ0v) is 13.6. The van der Waals surface area contributed by atoms with Crippen LogP contribution in [0.25, 0.3) is 0 Å². The number of nitrogens with zero attached hydrogens (tertiary/aromatic N) is 5. The van der Waals surface area contributed by atoms with Gasteiger partial charge in [0.15, 0.2) is 0 Å². The number of hydrogen-bond acceptors (Lipinski definition) is 4. The highest BCUT2D eigenvalue weighted by molar-refractivity contribution is 6.31. The summed E-state index contributed by atoms with van der Waals surface area (Å²) < 4.78 is 38.8. The number of amides is 1. The van der Waals surface area contributed by atoms with E-state index in [4.69, 9.17) is 11.6 Å². The van der Waals surface area contributed by atoms with Crippen molar-refractivity contribution in [2.24, 2.45) is 5.10 Å². The summed E-state index contributed by atoms with van der Waals surface area (Å²) in [6.07, 6.45) is -2.02. The minimum atomic E-state index is -4.35. The van der Waals surface area contributed by atoms with Gasteiger partial charge in [0, 0.05) is 6.20 Å². The van der Waals surface area contributed by atoms with E-state index in [0.29, 0.717) is 16.4 Å². The zero-order chi connectivity index (χ0) is 17.9. The summed E-state index contributed by atoms with van der Waals surface area (Å²) in [5, 5.41) is 11.9. The van der Waals surface area contributed by atoms with Crippen LogP contribution in [0, 0.1) is 13.8 Å². The lowest BCUT2D eigenvalue weighted by atomic mass is 10.4. The Morgan fingerprint density at radius 2 is 2.12 bits per heavy atom. The van der Waals surface area contributed by atoms with E-state index in [2.05, 4.69) is 20.7 Å². The summed E-state index contributed by atoms with van der Waals surface area (Å²) in [7, 11) is 0. The maximum absolute atomic E-state index is 12.2. The number of carbonyl (C=O) groups is 1. The van der Waals surface area contributed by atoms with Crippen LogP contribution in [-0.4, -0.2) is 37.9 Å². The number of aryl methyl sites for hydroxylation is 1. The summed E-state index contributed by atoms with van der Waals surface area (Å²) in [6, 6.07) is 1.35. The quantitative estimate of drug-likeness (QED) is 0.653. The number of nitrogens with one attached hydrogen (secondary N) is 1. The first kappa shape index (κ1) is 18.0. The zero-order valence-electron chi connectivity index (χ0n) is 12.8. The number of rotatable bonds is 5. The lowest BCUT2D eigenvalue weighted by Gasteiger charge is -2.04. The first-order chi connectivity index (χ1) is 11.2. The SMILES string of the molecule is Cc1nn(CC(=O)N/N=C/c2ccn(CC(F)(F)F)n2)c(C)c1Cl. The molecule has 0 fully saturated rings. The van der Waals surface area contributed by atoms with Crippen LogP contribution in [0.5, 0.6) is 0 Å². The molecule has 7 nitrogen and oxygen atoms in total. The summed E-state index contributed by atoms with van der Waals surface area (Å²) in [5.74, 6) is -0.455. The Morgan fingerprint density at radius 3 is 2.71 bits per heavy atom. The van der Waals surface area contributed by atoms with Gasteiger partial charge in [0.25, 0.3) is 5.91 Å². The topological polar surface area (TPSA) is 77.1 Å². The number of carbonyl (C=O) groups excluding carboxylic acids is 1. The highest BCUT2D eigenvalue weighted by atomic mass is 35.5. The molecule has 24 heavy (non-hydrogen) atoms. The first-order valence-corrected chi connectivity index (χ1v) is 7.15. The van der Waals surface area contributed by atoms with Crippen molar-refractivity contribution in [3.8, 4) is 0 Å². The second kappa shape index (κ2) is 7.04. The molecule has 0 atom stereocenters. The molecule has 2 heterocycles. The minimum Gasteiger partial charge on any atom is -0.271 e. The van der Waals surface area contributed by atoms with Crippen molar-refractivity contribution in [1.82, 2.24) is 25.0 Å². The van der Waals surface area contributed by atoms with Crippen LogP contribution in [0.1, 0.15) is 17.1 Å². The number of alkyl halides is 3. The summed E-state index contributed by atoms with van der Waals surface area (Å²) in [6.45, 7) is 2.18. The monoisotopic (exact) mass is 362 g/mol. The van der Waals surface area contributed by atoms with E-state index in [0.717, 1.165) is 10.9 Å². The Bertz CT molecular complexity index is 764. The van der Waals surface area contributed by atoms with Crippen LogP contribution in [0.4, 0.5) is 13.2 Å². The smallest absolute Gasteiger partial charge is 0.271 e. The molecule has 2 rings (SSSR count). The number of hydrogen-bond donors (Lipinski definition) is 1. The molecule has 1 amide bonds. The first-order valence-electron chi connectivity index (χ1n) is 6.77. The number of aromatic nitrogens is 4. The molecule has 130 valence electrons. The molecule has 0 aromatic carbocycles. The Kier molecular flexibility index (Phi) is 5.27. The van der Waals surface area contributed by atoms with E-state index in [-0.39, 0.29) is 12.2 Å². The summed E-state index contributed by atoms with van der Waals surface area (Å²) in [4.78, 5) is 11.8. The van der Waals surface area contributed by atoms with E-state index in [9.17, 15) is 18.0 Å². The molecule has 0 aliphatic rings. The van der Waals surface area contributed by atoms with Crippen molar-refractivity contribution in [2.75, 3.05) is 0 Å². The molecule has 0 radical (unpaired) electrons. The molecule has 0 bridgehead atoms. The van der Waals surface area contributed by atoms with Crippen molar-refractivity contribution in [1.29, 1.82) is 0 Å². The van der Waals surface area contributed by atoms with Gasteiger partial charge in [-0.15, -0.1) is 0 Å². The van der Waals surface area contributed by atoms with Gasteiger partial charge in [-0.05, 0) is 19.9 Å². The van der Waals surface area contributed by atoms with Crippen LogP contribution in [0.3, 0.4) is 0 Å². The number of halogens is 4. The highest BCUT2D eigenvalue weighted by Crippen LogP contribution is 2.18. The normalized spacial score (nSPS) is 12.1. The molecule has 2 aromatic heterocycles. The lowest BCUT2D eigenvalue weighted by Crippen LogP contribution is -2.24. The maximum atomic E-state index is 12.2. The molecule has 0 spiro atoms. The Morgan fingerprint density at radius 1 is 1.42 bits per heavy atom. The molecule has 0 aliphatic carbocycles. The Labute approximate surface area is 140 Å². The Hall–Kier alpha value is -2.36. The third-order valence-electron chi connectivity index (χ3n) is 2.98. The lowest BCUT2D eigenvalue weighted by molar-refractivity contribution is -0.142. The molecule has 0 saturated carbocycles. The van der Waals surface area contributed by atoms with Crippen molar-refractivity contribution in [3.05, 3.63) is 34.4 Å². The Balaban J connectivity index is 1.89. The van der Waals surface area contributed by atoms with Crippen molar-refractivity contribution in [3.63, 3.8) is 0 Å². The van der Waals surface area contributed by atoms with E-state index in [1.807, 2.05) is 0 Å². The van der Waals surface area contributed by atoms with E-state index >= 15 is 0 Å². The summed E-state index contributed by atoms with van der Waals surface area (Å²) >= 11 is 5.98. The van der Waals surface area contributed by atoms with E-state index in [1.54, 1.807) is 13.8 Å².